The molecule has 1 saturated carbocycles. The number of pyridine rings is 1. The third-order valence-electron chi connectivity index (χ3n) is 5.19. The second-order valence-electron chi connectivity index (χ2n) is 6.62. The number of nitrogens with one attached hydrogen (secondary N) is 1. The first-order chi connectivity index (χ1) is 10.7. The smallest absolute Gasteiger partial charge is 0.0943 e. The molecule has 0 radical (unpaired) electrons. The Bertz CT molecular complexity index is 811. The number of hydrogen-bond donors (Lipinski definition) is 1. The molecule has 1 N–H and O–H groups in total. The van der Waals surface area contributed by atoms with Crippen LogP contribution < -0.4 is 0 Å². The number of rotatable bonds is 3. The van der Waals surface area contributed by atoms with Gasteiger partial charge in [-0.3, -0.25) is 4.98 Å². The molecule has 0 bridgehead atoms. The van der Waals surface area contributed by atoms with Crippen LogP contribution >= 0.6 is 0 Å². The van der Waals surface area contributed by atoms with E-state index in [2.05, 4.69) is 55.4 Å². The highest BCUT2D eigenvalue weighted by Crippen LogP contribution is 2.36. The first-order valence-electron chi connectivity index (χ1n) is 8.26. The highest BCUT2D eigenvalue weighted by Gasteiger charge is 2.21. The van der Waals surface area contributed by atoms with Gasteiger partial charge in [-0.1, -0.05) is 49.6 Å². The molecule has 0 aliphatic heterocycles. The van der Waals surface area contributed by atoms with Crippen molar-refractivity contribution in [3.05, 3.63) is 53.3 Å². The first kappa shape index (κ1) is 13.6. The molecule has 0 unspecified atom stereocenters. The number of benzene rings is 1. The fraction of sp³-hybridized carbons (Fsp3) is 0.350. The summed E-state index contributed by atoms with van der Waals surface area (Å²) >= 11 is 0. The van der Waals surface area contributed by atoms with Gasteiger partial charge in [-0.25, -0.2) is 0 Å². The minimum atomic E-state index is 0.863. The molecule has 0 saturated heterocycles. The summed E-state index contributed by atoms with van der Waals surface area (Å²) in [6.45, 7) is 4.39. The molecule has 3 aromatic rings. The van der Waals surface area contributed by atoms with Crippen LogP contribution in [0.15, 0.2) is 36.5 Å². The van der Waals surface area contributed by atoms with Crippen LogP contribution in [0.3, 0.4) is 0 Å². The van der Waals surface area contributed by atoms with Gasteiger partial charge in [0.1, 0.15) is 0 Å². The van der Waals surface area contributed by atoms with Crippen LogP contribution in [0.1, 0.15) is 36.1 Å². The molecule has 112 valence electrons. The Morgan fingerprint density at radius 1 is 1.14 bits per heavy atom. The predicted molar refractivity (Wildman–Crippen MR) is 92.0 cm³/mol. The van der Waals surface area contributed by atoms with Crippen molar-refractivity contribution >= 4 is 10.9 Å². The molecule has 1 aliphatic carbocycles. The second kappa shape index (κ2) is 5.28. The molecular weight excluding hydrogens is 268 g/mol. The molecule has 2 heteroatoms. The predicted octanol–water partition coefficient (Wildman–Crippen LogP) is 5.19. The summed E-state index contributed by atoms with van der Waals surface area (Å²) in [6, 6.07) is 10.5. The SMILES string of the molecule is Cc1[nH]c2c(-c3ccccc3)ncc(CC3CCC3)c2c1C. The monoisotopic (exact) mass is 290 g/mol. The average Bonchev–Trinajstić information content (AvgIpc) is 2.80. The van der Waals surface area contributed by atoms with Crippen molar-refractivity contribution in [1.82, 2.24) is 9.97 Å². The van der Waals surface area contributed by atoms with Gasteiger partial charge >= 0.3 is 0 Å². The fourth-order valence-electron chi connectivity index (χ4n) is 3.55. The topological polar surface area (TPSA) is 28.7 Å². The first-order valence-corrected chi connectivity index (χ1v) is 8.26. The molecule has 0 spiro atoms. The largest absolute Gasteiger partial charge is 0.357 e. The number of aryl methyl sites for hydroxylation is 2. The third-order valence-corrected chi connectivity index (χ3v) is 5.19. The van der Waals surface area contributed by atoms with Gasteiger partial charge in [0.2, 0.25) is 0 Å². The zero-order chi connectivity index (χ0) is 15.1. The molecule has 2 aromatic heterocycles. The number of nitrogens with zero attached hydrogens (tertiary/aromatic N) is 1. The average molecular weight is 290 g/mol. The lowest BCUT2D eigenvalue weighted by Gasteiger charge is -2.25. The van der Waals surface area contributed by atoms with Crippen molar-refractivity contribution in [3.63, 3.8) is 0 Å². The minimum Gasteiger partial charge on any atom is -0.357 e. The highest BCUT2D eigenvalue weighted by molar-refractivity contribution is 5.96. The summed E-state index contributed by atoms with van der Waals surface area (Å²) in [5.41, 5.74) is 7.52. The van der Waals surface area contributed by atoms with E-state index in [1.165, 1.54) is 59.0 Å². The molecule has 1 aliphatic rings. The highest BCUT2D eigenvalue weighted by atomic mass is 14.8. The zero-order valence-electron chi connectivity index (χ0n) is 13.3. The van der Waals surface area contributed by atoms with E-state index in [0.717, 1.165) is 11.6 Å². The summed E-state index contributed by atoms with van der Waals surface area (Å²) in [6.07, 6.45) is 7.45. The minimum absolute atomic E-state index is 0.863. The molecule has 22 heavy (non-hydrogen) atoms. The third kappa shape index (κ3) is 2.14. The second-order valence-corrected chi connectivity index (χ2v) is 6.62. The van der Waals surface area contributed by atoms with Crippen molar-refractivity contribution < 1.29 is 0 Å². The van der Waals surface area contributed by atoms with E-state index in [1.807, 2.05) is 0 Å². The number of fused-ring (bicyclic) bond motifs is 1. The Kier molecular flexibility index (Phi) is 3.25. The van der Waals surface area contributed by atoms with E-state index in [1.54, 1.807) is 0 Å². The standard InChI is InChI=1S/C20H22N2/c1-13-14(2)22-20-18(13)17(11-15-7-6-8-15)12-21-19(20)16-9-4-3-5-10-16/h3-5,9-10,12,15,22H,6-8,11H2,1-2H3. The Hall–Kier alpha value is -2.09. The van der Waals surface area contributed by atoms with Crippen LogP contribution in [0.5, 0.6) is 0 Å². The lowest BCUT2D eigenvalue weighted by molar-refractivity contribution is 0.315. The van der Waals surface area contributed by atoms with Crippen LogP contribution in [0.4, 0.5) is 0 Å². The lowest BCUT2D eigenvalue weighted by Crippen LogP contribution is -2.14. The van der Waals surface area contributed by atoms with Crippen molar-refractivity contribution in [2.24, 2.45) is 5.92 Å². The summed E-state index contributed by atoms with van der Waals surface area (Å²) in [5, 5.41) is 1.40. The Balaban J connectivity index is 1.90. The van der Waals surface area contributed by atoms with Crippen LogP contribution in [-0.2, 0) is 6.42 Å². The Morgan fingerprint density at radius 3 is 2.59 bits per heavy atom. The van der Waals surface area contributed by atoms with Crippen LogP contribution in [0, 0.1) is 19.8 Å². The van der Waals surface area contributed by atoms with E-state index in [0.29, 0.717) is 0 Å². The van der Waals surface area contributed by atoms with Gasteiger partial charge in [0, 0.05) is 22.8 Å². The molecular formula is C20H22N2. The van der Waals surface area contributed by atoms with Crippen molar-refractivity contribution in [2.75, 3.05) is 0 Å². The molecule has 0 atom stereocenters. The lowest BCUT2D eigenvalue weighted by atomic mass is 9.80. The van der Waals surface area contributed by atoms with Crippen molar-refractivity contribution in [2.45, 2.75) is 39.5 Å². The number of aromatic nitrogens is 2. The number of H-pyrrole nitrogens is 1. The molecule has 0 amide bonds. The normalized spacial score (nSPS) is 15.2. The maximum atomic E-state index is 4.81. The van der Waals surface area contributed by atoms with Crippen LogP contribution in [0.2, 0.25) is 0 Å². The summed E-state index contributed by atoms with van der Waals surface area (Å²) < 4.78 is 0. The quantitative estimate of drug-likeness (QED) is 0.706. The Morgan fingerprint density at radius 2 is 1.91 bits per heavy atom. The maximum absolute atomic E-state index is 4.81. The van der Waals surface area contributed by atoms with Gasteiger partial charge in [-0.05, 0) is 37.3 Å². The molecule has 4 rings (SSSR count). The van der Waals surface area contributed by atoms with Gasteiger partial charge < -0.3 is 4.98 Å². The van der Waals surface area contributed by atoms with E-state index in [9.17, 15) is 0 Å². The number of aromatic amines is 1. The maximum Gasteiger partial charge on any atom is 0.0943 e. The van der Waals surface area contributed by atoms with Gasteiger partial charge in [0.05, 0.1) is 11.2 Å². The van der Waals surface area contributed by atoms with Crippen LogP contribution in [-0.4, -0.2) is 9.97 Å². The van der Waals surface area contributed by atoms with Gasteiger partial charge in [0.15, 0.2) is 0 Å². The molecule has 2 nitrogen and oxygen atoms in total. The zero-order valence-corrected chi connectivity index (χ0v) is 13.3. The fourth-order valence-corrected chi connectivity index (χ4v) is 3.55. The van der Waals surface area contributed by atoms with Crippen LogP contribution in [0.25, 0.3) is 22.2 Å². The van der Waals surface area contributed by atoms with Crippen molar-refractivity contribution in [3.8, 4) is 11.3 Å². The summed E-state index contributed by atoms with van der Waals surface area (Å²) in [5.74, 6) is 0.863. The van der Waals surface area contributed by atoms with Gasteiger partial charge in [-0.2, -0.15) is 0 Å². The van der Waals surface area contributed by atoms with Crippen molar-refractivity contribution in [1.29, 1.82) is 0 Å². The molecule has 1 fully saturated rings. The number of hydrogen-bond acceptors (Lipinski definition) is 1. The van der Waals surface area contributed by atoms with E-state index in [-0.39, 0.29) is 0 Å². The van der Waals surface area contributed by atoms with E-state index < -0.39 is 0 Å². The summed E-state index contributed by atoms with van der Waals surface area (Å²) in [4.78, 5) is 8.39. The summed E-state index contributed by atoms with van der Waals surface area (Å²) in [7, 11) is 0. The Labute approximate surface area is 131 Å². The van der Waals surface area contributed by atoms with E-state index in [4.69, 9.17) is 4.98 Å². The van der Waals surface area contributed by atoms with E-state index >= 15 is 0 Å². The molecule has 2 heterocycles. The van der Waals surface area contributed by atoms with Gasteiger partial charge in [-0.15, -0.1) is 0 Å². The molecule has 1 aromatic carbocycles. The van der Waals surface area contributed by atoms with Gasteiger partial charge in [0.25, 0.3) is 0 Å².